The molecule has 0 spiro atoms. The van der Waals surface area contributed by atoms with Gasteiger partial charge in [0.2, 0.25) is 0 Å². The number of benzene rings is 1. The van der Waals surface area contributed by atoms with Crippen LogP contribution in [0.25, 0.3) is 0 Å². The third kappa shape index (κ3) is 3.99. The van der Waals surface area contributed by atoms with Crippen molar-refractivity contribution in [3.63, 3.8) is 0 Å². The molecule has 0 bridgehead atoms. The van der Waals surface area contributed by atoms with E-state index in [2.05, 4.69) is 27.4 Å². The Bertz CT molecular complexity index is 811. The first-order valence-corrected chi connectivity index (χ1v) is 9.89. The summed E-state index contributed by atoms with van der Waals surface area (Å²) in [6, 6.07) is 10.1. The second-order valence-corrected chi connectivity index (χ2v) is 7.86. The Hall–Kier alpha value is -1.70. The number of nitrogens with zero attached hydrogens (tertiary/aromatic N) is 2. The zero-order valence-electron chi connectivity index (χ0n) is 12.7. The highest BCUT2D eigenvalue weighted by Crippen LogP contribution is 2.30. The van der Waals surface area contributed by atoms with Gasteiger partial charge in [-0.15, -0.1) is 23.1 Å². The molecule has 1 amide bonds. The minimum Gasteiger partial charge on any atom is -0.296 e. The summed E-state index contributed by atoms with van der Waals surface area (Å²) in [7, 11) is 0. The molecule has 0 saturated carbocycles. The van der Waals surface area contributed by atoms with Gasteiger partial charge in [0.25, 0.3) is 5.91 Å². The molecular formula is C16H15N3OS3. The smallest absolute Gasteiger partial charge is 0.276 e. The zero-order chi connectivity index (χ0) is 16.2. The van der Waals surface area contributed by atoms with Gasteiger partial charge in [0.1, 0.15) is 5.69 Å². The maximum atomic E-state index is 12.3. The zero-order valence-corrected chi connectivity index (χ0v) is 15.1. The van der Waals surface area contributed by atoms with Gasteiger partial charge in [-0.3, -0.25) is 10.1 Å². The van der Waals surface area contributed by atoms with Crippen molar-refractivity contribution >= 4 is 45.5 Å². The Morgan fingerprint density at radius 1 is 1.26 bits per heavy atom. The number of aryl methyl sites for hydroxylation is 1. The van der Waals surface area contributed by atoms with Crippen molar-refractivity contribution < 1.29 is 4.79 Å². The van der Waals surface area contributed by atoms with Crippen LogP contribution in [0.15, 0.2) is 39.9 Å². The summed E-state index contributed by atoms with van der Waals surface area (Å²) in [6.45, 7) is 1.94. The third-order valence-electron chi connectivity index (χ3n) is 3.14. The molecule has 23 heavy (non-hydrogen) atoms. The van der Waals surface area contributed by atoms with Gasteiger partial charge in [0, 0.05) is 11.8 Å². The molecule has 2 aromatic heterocycles. The fraction of sp³-hybridized carbons (Fsp3) is 0.188. The largest absolute Gasteiger partial charge is 0.296 e. The molecule has 3 aromatic rings. The van der Waals surface area contributed by atoms with Crippen LogP contribution in [0.5, 0.6) is 0 Å². The number of anilines is 1. The average molecular weight is 362 g/mol. The molecule has 0 unspecified atom stereocenters. The normalized spacial score (nSPS) is 10.7. The lowest BCUT2D eigenvalue weighted by Gasteiger charge is -1.98. The van der Waals surface area contributed by atoms with Crippen molar-refractivity contribution in [2.45, 2.75) is 17.6 Å². The van der Waals surface area contributed by atoms with Crippen molar-refractivity contribution in [3.8, 4) is 0 Å². The molecule has 1 N–H and O–H groups in total. The Morgan fingerprint density at radius 3 is 2.74 bits per heavy atom. The predicted molar refractivity (Wildman–Crippen MR) is 97.9 cm³/mol. The highest BCUT2D eigenvalue weighted by molar-refractivity contribution is 8.00. The molecular weight excluding hydrogens is 346 g/mol. The molecule has 4 nitrogen and oxygen atoms in total. The molecule has 0 atom stereocenters. The van der Waals surface area contributed by atoms with Crippen LogP contribution in [0.3, 0.4) is 0 Å². The summed E-state index contributed by atoms with van der Waals surface area (Å²) in [6.07, 6.45) is 2.74. The molecule has 3 rings (SSSR count). The third-order valence-corrected chi connectivity index (χ3v) is 6.27. The number of carbonyl (C=O) groups is 1. The average Bonchev–Trinajstić information content (AvgIpc) is 3.15. The fourth-order valence-corrected chi connectivity index (χ4v) is 4.47. The summed E-state index contributed by atoms with van der Waals surface area (Å²) in [4.78, 5) is 21.1. The summed E-state index contributed by atoms with van der Waals surface area (Å²) >= 11 is 4.63. The second-order valence-electron chi connectivity index (χ2n) is 4.84. The van der Waals surface area contributed by atoms with Crippen LogP contribution in [-0.4, -0.2) is 22.1 Å². The quantitative estimate of drug-likeness (QED) is 0.681. The van der Waals surface area contributed by atoms with Gasteiger partial charge >= 0.3 is 0 Å². The first-order chi connectivity index (χ1) is 11.2. The van der Waals surface area contributed by atoms with Gasteiger partial charge in [-0.25, -0.2) is 9.97 Å². The summed E-state index contributed by atoms with van der Waals surface area (Å²) in [5.74, 6) is -0.207. The van der Waals surface area contributed by atoms with E-state index < -0.39 is 0 Å². The van der Waals surface area contributed by atoms with Gasteiger partial charge in [-0.2, -0.15) is 0 Å². The maximum absolute atomic E-state index is 12.3. The summed E-state index contributed by atoms with van der Waals surface area (Å²) in [5, 5.41) is 6.18. The van der Waals surface area contributed by atoms with E-state index in [1.807, 2.05) is 31.4 Å². The highest BCUT2D eigenvalue weighted by Gasteiger charge is 2.14. The molecule has 7 heteroatoms. The van der Waals surface area contributed by atoms with Crippen molar-refractivity contribution in [2.24, 2.45) is 0 Å². The van der Waals surface area contributed by atoms with Crippen molar-refractivity contribution in [1.82, 2.24) is 9.97 Å². The highest BCUT2D eigenvalue weighted by atomic mass is 32.2. The monoisotopic (exact) mass is 361 g/mol. The van der Waals surface area contributed by atoms with Gasteiger partial charge < -0.3 is 0 Å². The lowest BCUT2D eigenvalue weighted by Crippen LogP contribution is -2.12. The molecule has 0 radical (unpaired) electrons. The van der Waals surface area contributed by atoms with Gasteiger partial charge in [0.05, 0.1) is 14.9 Å². The molecule has 2 heterocycles. The number of thiazole rings is 2. The van der Waals surface area contributed by atoms with E-state index in [1.54, 1.807) is 17.1 Å². The number of rotatable bonds is 5. The molecule has 0 aliphatic heterocycles. The topological polar surface area (TPSA) is 54.9 Å². The minimum atomic E-state index is -0.207. The predicted octanol–water partition coefficient (Wildman–Crippen LogP) is 4.47. The van der Waals surface area contributed by atoms with Crippen LogP contribution >= 0.6 is 34.4 Å². The van der Waals surface area contributed by atoms with Gasteiger partial charge in [-0.1, -0.05) is 41.7 Å². The van der Waals surface area contributed by atoms with E-state index >= 15 is 0 Å². The number of nitrogens with one attached hydrogen (secondary N) is 1. The Kier molecular flexibility index (Phi) is 5.09. The van der Waals surface area contributed by atoms with Crippen LogP contribution in [0.1, 0.15) is 26.8 Å². The number of aromatic nitrogens is 2. The van der Waals surface area contributed by atoms with E-state index in [0.29, 0.717) is 10.8 Å². The van der Waals surface area contributed by atoms with E-state index in [1.165, 1.54) is 28.2 Å². The van der Waals surface area contributed by atoms with Crippen molar-refractivity contribution in [2.75, 3.05) is 11.6 Å². The molecule has 1 aromatic carbocycles. The van der Waals surface area contributed by atoms with Crippen LogP contribution in [-0.2, 0) is 6.42 Å². The standard InChI is InChI=1S/C16H15N3OS3/c1-10-15(21-2)23-16(17-10)19-14(20)12-9-22-13(18-12)8-11-6-4-3-5-7-11/h3-7,9H,8H2,1-2H3,(H,17,19,20). The fourth-order valence-electron chi connectivity index (χ4n) is 2.05. The van der Waals surface area contributed by atoms with Crippen LogP contribution in [0.4, 0.5) is 5.13 Å². The first-order valence-electron chi connectivity index (χ1n) is 6.97. The number of hydrogen-bond donors (Lipinski definition) is 1. The first kappa shape index (κ1) is 16.2. The van der Waals surface area contributed by atoms with Gasteiger partial charge in [0.15, 0.2) is 5.13 Å². The molecule has 118 valence electrons. The molecule has 0 aliphatic rings. The van der Waals surface area contributed by atoms with Crippen LogP contribution < -0.4 is 5.32 Å². The van der Waals surface area contributed by atoms with Gasteiger partial charge in [-0.05, 0) is 18.7 Å². The number of thioether (sulfide) groups is 1. The summed E-state index contributed by atoms with van der Waals surface area (Å²) < 4.78 is 1.11. The van der Waals surface area contributed by atoms with Crippen LogP contribution in [0, 0.1) is 6.92 Å². The Morgan fingerprint density at radius 2 is 2.04 bits per heavy atom. The number of amides is 1. The van der Waals surface area contributed by atoms with E-state index in [9.17, 15) is 4.79 Å². The second kappa shape index (κ2) is 7.25. The lowest BCUT2D eigenvalue weighted by atomic mass is 10.2. The number of hydrogen-bond acceptors (Lipinski definition) is 6. The molecule has 0 saturated heterocycles. The Labute approximate surface area is 147 Å². The SMILES string of the molecule is CSc1sc(NC(=O)c2csc(Cc3ccccc3)n2)nc1C. The minimum absolute atomic E-state index is 0.207. The van der Waals surface area contributed by atoms with E-state index in [0.717, 1.165) is 21.3 Å². The summed E-state index contributed by atoms with van der Waals surface area (Å²) in [5.41, 5.74) is 2.58. The maximum Gasteiger partial charge on any atom is 0.276 e. The van der Waals surface area contributed by atoms with Crippen molar-refractivity contribution in [1.29, 1.82) is 0 Å². The van der Waals surface area contributed by atoms with Crippen LogP contribution in [0.2, 0.25) is 0 Å². The van der Waals surface area contributed by atoms with E-state index in [4.69, 9.17) is 0 Å². The van der Waals surface area contributed by atoms with Crippen molar-refractivity contribution in [3.05, 3.63) is 57.7 Å². The molecule has 0 fully saturated rings. The lowest BCUT2D eigenvalue weighted by molar-refractivity contribution is 0.102. The van der Waals surface area contributed by atoms with E-state index in [-0.39, 0.29) is 5.91 Å². The number of carbonyl (C=O) groups excluding carboxylic acids is 1. The Balaban J connectivity index is 1.68. The molecule has 0 aliphatic carbocycles.